The van der Waals surface area contributed by atoms with Gasteiger partial charge >= 0.3 is 0 Å². The van der Waals surface area contributed by atoms with E-state index >= 15 is 0 Å². The molecule has 1 aromatic carbocycles. The summed E-state index contributed by atoms with van der Waals surface area (Å²) in [5, 5.41) is 3.05. The van der Waals surface area contributed by atoms with Gasteiger partial charge in [-0.1, -0.05) is 30.3 Å². The zero-order valence-corrected chi connectivity index (χ0v) is 14.3. The summed E-state index contributed by atoms with van der Waals surface area (Å²) < 4.78 is 0. The van der Waals surface area contributed by atoms with Crippen LogP contribution < -0.4 is 5.32 Å². The average Bonchev–Trinajstić information content (AvgIpc) is 2.55. The van der Waals surface area contributed by atoms with Crippen LogP contribution in [0.15, 0.2) is 48.8 Å². The molecule has 0 aliphatic carbocycles. The zero-order valence-electron chi connectivity index (χ0n) is 14.3. The third kappa shape index (κ3) is 4.89. The fourth-order valence-corrected chi connectivity index (χ4v) is 2.28. The van der Waals surface area contributed by atoms with Crippen LogP contribution in [-0.4, -0.2) is 35.4 Å². The van der Waals surface area contributed by atoms with E-state index in [4.69, 9.17) is 0 Å². The highest BCUT2D eigenvalue weighted by atomic mass is 16.2. The molecule has 1 amide bonds. The van der Waals surface area contributed by atoms with Gasteiger partial charge in [-0.25, -0.2) is 0 Å². The highest BCUT2D eigenvalue weighted by Crippen LogP contribution is 2.21. The number of likely N-dealkylation sites (N-methyl/N-ethyl adjacent to an activating group) is 1. The third-order valence-corrected chi connectivity index (χ3v) is 4.06. The van der Waals surface area contributed by atoms with E-state index in [9.17, 15) is 4.79 Å². The first-order valence-electron chi connectivity index (χ1n) is 7.97. The number of carbonyl (C=O) groups excluding carboxylic acids is 1. The molecule has 1 heterocycles. The maximum atomic E-state index is 12.1. The summed E-state index contributed by atoms with van der Waals surface area (Å²) in [6, 6.07) is 12.6. The Bertz CT molecular complexity index is 623. The predicted molar refractivity (Wildman–Crippen MR) is 94.0 cm³/mol. The van der Waals surface area contributed by atoms with E-state index in [1.165, 1.54) is 0 Å². The third-order valence-electron chi connectivity index (χ3n) is 4.06. The SMILES string of the molecule is CC(C)N(C)CC(=O)N[C@H](C)c1ccc(-c2cccnc2)cc1. The van der Waals surface area contributed by atoms with Crippen molar-refractivity contribution in [1.82, 2.24) is 15.2 Å². The second-order valence-electron chi connectivity index (χ2n) is 6.16. The van der Waals surface area contributed by atoms with E-state index in [1.807, 2.05) is 37.2 Å². The van der Waals surface area contributed by atoms with Crippen molar-refractivity contribution < 1.29 is 4.79 Å². The second-order valence-corrected chi connectivity index (χ2v) is 6.16. The van der Waals surface area contributed by atoms with Crippen molar-refractivity contribution in [1.29, 1.82) is 0 Å². The van der Waals surface area contributed by atoms with Gasteiger partial charge in [-0.15, -0.1) is 0 Å². The smallest absolute Gasteiger partial charge is 0.234 e. The number of carbonyl (C=O) groups is 1. The molecule has 4 heteroatoms. The summed E-state index contributed by atoms with van der Waals surface area (Å²) in [5.41, 5.74) is 3.31. The number of hydrogen-bond donors (Lipinski definition) is 1. The quantitative estimate of drug-likeness (QED) is 0.890. The minimum absolute atomic E-state index is 0.00832. The molecule has 0 spiro atoms. The van der Waals surface area contributed by atoms with Crippen LogP contribution in [0.5, 0.6) is 0 Å². The van der Waals surface area contributed by atoms with Crippen molar-refractivity contribution in [2.75, 3.05) is 13.6 Å². The second kappa shape index (κ2) is 7.88. The summed E-state index contributed by atoms with van der Waals surface area (Å²) >= 11 is 0. The summed E-state index contributed by atoms with van der Waals surface area (Å²) in [7, 11) is 1.96. The molecule has 0 fully saturated rings. The molecule has 2 aromatic rings. The van der Waals surface area contributed by atoms with Crippen LogP contribution in [0.25, 0.3) is 11.1 Å². The number of nitrogens with zero attached hydrogens (tertiary/aromatic N) is 2. The van der Waals surface area contributed by atoms with Gasteiger partial charge in [-0.05, 0) is 50.6 Å². The van der Waals surface area contributed by atoms with Crippen molar-refractivity contribution in [3.63, 3.8) is 0 Å². The molecule has 1 N–H and O–H groups in total. The topological polar surface area (TPSA) is 45.2 Å². The van der Waals surface area contributed by atoms with Crippen molar-refractivity contribution in [2.45, 2.75) is 32.9 Å². The minimum atomic E-state index is -0.00832. The van der Waals surface area contributed by atoms with E-state index in [1.54, 1.807) is 6.20 Å². The van der Waals surface area contributed by atoms with Gasteiger partial charge < -0.3 is 5.32 Å². The average molecular weight is 311 g/mol. The maximum Gasteiger partial charge on any atom is 0.234 e. The lowest BCUT2D eigenvalue weighted by molar-refractivity contribution is -0.122. The molecule has 0 bridgehead atoms. The maximum absolute atomic E-state index is 12.1. The van der Waals surface area contributed by atoms with Gasteiger partial charge in [0.15, 0.2) is 0 Å². The van der Waals surface area contributed by atoms with E-state index in [2.05, 4.69) is 48.4 Å². The van der Waals surface area contributed by atoms with E-state index in [0.29, 0.717) is 12.6 Å². The molecular weight excluding hydrogens is 286 g/mol. The Morgan fingerprint density at radius 2 is 1.83 bits per heavy atom. The molecule has 23 heavy (non-hydrogen) atoms. The number of nitrogens with one attached hydrogen (secondary N) is 1. The summed E-state index contributed by atoms with van der Waals surface area (Å²) in [5.74, 6) is 0.0463. The molecular formula is C19H25N3O. The Labute approximate surface area is 138 Å². The van der Waals surface area contributed by atoms with Crippen molar-refractivity contribution in [2.24, 2.45) is 0 Å². The Kier molecular flexibility index (Phi) is 5.88. The van der Waals surface area contributed by atoms with Crippen LogP contribution in [0.2, 0.25) is 0 Å². The Morgan fingerprint density at radius 1 is 1.13 bits per heavy atom. The molecule has 0 radical (unpaired) electrons. The monoisotopic (exact) mass is 311 g/mol. The first-order chi connectivity index (χ1) is 11.0. The lowest BCUT2D eigenvalue weighted by Crippen LogP contribution is -2.39. The molecule has 4 nitrogen and oxygen atoms in total. The van der Waals surface area contributed by atoms with Crippen molar-refractivity contribution >= 4 is 5.91 Å². The number of rotatable bonds is 6. The molecule has 1 aromatic heterocycles. The number of benzene rings is 1. The van der Waals surface area contributed by atoms with Gasteiger partial charge in [0, 0.05) is 18.4 Å². The number of pyridine rings is 1. The van der Waals surface area contributed by atoms with Gasteiger partial charge in [0.05, 0.1) is 12.6 Å². The number of amides is 1. The molecule has 0 aliphatic heterocycles. The van der Waals surface area contributed by atoms with E-state index < -0.39 is 0 Å². The van der Waals surface area contributed by atoms with Crippen LogP contribution in [0.1, 0.15) is 32.4 Å². The molecule has 2 rings (SSSR count). The van der Waals surface area contributed by atoms with Gasteiger partial charge in [-0.2, -0.15) is 0 Å². The lowest BCUT2D eigenvalue weighted by atomic mass is 10.0. The zero-order chi connectivity index (χ0) is 16.8. The largest absolute Gasteiger partial charge is 0.348 e. The molecule has 0 saturated heterocycles. The first-order valence-corrected chi connectivity index (χ1v) is 7.97. The van der Waals surface area contributed by atoms with Gasteiger partial charge in [-0.3, -0.25) is 14.7 Å². The first kappa shape index (κ1) is 17.2. The van der Waals surface area contributed by atoms with Gasteiger partial charge in [0.25, 0.3) is 0 Å². The fraction of sp³-hybridized carbons (Fsp3) is 0.368. The summed E-state index contributed by atoms with van der Waals surface area (Å²) in [6.07, 6.45) is 3.62. The molecule has 0 aliphatic rings. The molecule has 0 saturated carbocycles. The predicted octanol–water partition coefficient (Wildman–Crippen LogP) is 3.27. The summed E-state index contributed by atoms with van der Waals surface area (Å²) in [4.78, 5) is 18.2. The molecule has 1 atom stereocenters. The number of aromatic nitrogens is 1. The van der Waals surface area contributed by atoms with Gasteiger partial charge in [0.2, 0.25) is 5.91 Å². The standard InChI is InChI=1S/C19H25N3O/c1-14(2)22(4)13-19(23)21-15(3)16-7-9-17(10-8-16)18-6-5-11-20-12-18/h5-12,14-15H,13H2,1-4H3,(H,21,23)/t15-/m1/s1. The Hall–Kier alpha value is -2.20. The van der Waals surface area contributed by atoms with Crippen molar-refractivity contribution in [3.8, 4) is 11.1 Å². The molecule has 122 valence electrons. The van der Waals surface area contributed by atoms with E-state index in [-0.39, 0.29) is 11.9 Å². The fourth-order valence-electron chi connectivity index (χ4n) is 2.28. The lowest BCUT2D eigenvalue weighted by Gasteiger charge is -2.22. The minimum Gasteiger partial charge on any atom is -0.348 e. The Balaban J connectivity index is 1.98. The normalized spacial score (nSPS) is 12.4. The van der Waals surface area contributed by atoms with Gasteiger partial charge in [0.1, 0.15) is 0 Å². The Morgan fingerprint density at radius 3 is 2.39 bits per heavy atom. The number of hydrogen-bond acceptors (Lipinski definition) is 3. The van der Waals surface area contributed by atoms with Crippen LogP contribution in [0.3, 0.4) is 0 Å². The molecule has 0 unspecified atom stereocenters. The van der Waals surface area contributed by atoms with Crippen LogP contribution in [0.4, 0.5) is 0 Å². The highest BCUT2D eigenvalue weighted by Gasteiger charge is 2.13. The van der Waals surface area contributed by atoms with E-state index in [0.717, 1.165) is 16.7 Å². The van der Waals surface area contributed by atoms with Crippen LogP contribution in [-0.2, 0) is 4.79 Å². The highest BCUT2D eigenvalue weighted by molar-refractivity contribution is 5.78. The van der Waals surface area contributed by atoms with Crippen LogP contribution >= 0.6 is 0 Å². The van der Waals surface area contributed by atoms with Crippen LogP contribution in [0, 0.1) is 0 Å². The van der Waals surface area contributed by atoms with Crippen molar-refractivity contribution in [3.05, 3.63) is 54.4 Å². The summed E-state index contributed by atoms with van der Waals surface area (Å²) in [6.45, 7) is 6.57.